The van der Waals surface area contributed by atoms with Crippen molar-refractivity contribution >= 4 is 56.0 Å². The van der Waals surface area contributed by atoms with Crippen molar-refractivity contribution in [2.45, 2.75) is 24.7 Å². The number of benzene rings is 2. The second-order valence-corrected chi connectivity index (χ2v) is 10.6. The second-order valence-electron chi connectivity index (χ2n) is 7.46. The number of hydrogen-bond donors (Lipinski definition) is 3. The Kier molecular flexibility index (Phi) is 7.31. The van der Waals surface area contributed by atoms with Gasteiger partial charge in [-0.15, -0.1) is 0 Å². The van der Waals surface area contributed by atoms with Gasteiger partial charge < -0.3 is 10.4 Å². The van der Waals surface area contributed by atoms with E-state index in [-0.39, 0.29) is 27.4 Å². The van der Waals surface area contributed by atoms with Gasteiger partial charge >= 0.3 is 5.97 Å². The first-order valence-corrected chi connectivity index (χ1v) is 12.8. The number of carboxylic acid groups (broad SMARTS) is 1. The maximum Gasteiger partial charge on any atom is 0.355 e. The summed E-state index contributed by atoms with van der Waals surface area (Å²) in [4.78, 5) is 16.0. The van der Waals surface area contributed by atoms with E-state index in [4.69, 9.17) is 17.0 Å². The van der Waals surface area contributed by atoms with Crippen LogP contribution in [-0.4, -0.2) is 40.8 Å². The van der Waals surface area contributed by atoms with Crippen LogP contribution in [0.2, 0.25) is 0 Å². The first-order chi connectivity index (χ1) is 15.5. The van der Waals surface area contributed by atoms with Crippen LogP contribution in [0.1, 0.15) is 31.2 Å². The zero-order valence-electron chi connectivity index (χ0n) is 18.0. The van der Waals surface area contributed by atoms with E-state index in [1.165, 1.54) is 12.1 Å². The first kappa shape index (κ1) is 24.6. The summed E-state index contributed by atoms with van der Waals surface area (Å²) in [5.74, 6) is -1.24. The molecule has 1 heterocycles. The highest BCUT2D eigenvalue weighted by molar-refractivity contribution is 7.90. The third-order valence-corrected chi connectivity index (χ3v) is 6.91. The van der Waals surface area contributed by atoms with E-state index in [1.54, 1.807) is 12.1 Å². The lowest BCUT2D eigenvalue weighted by Gasteiger charge is -2.16. The smallest absolute Gasteiger partial charge is 0.355 e. The molecular weight excluding hydrogens is 484 g/mol. The van der Waals surface area contributed by atoms with Crippen LogP contribution in [0.25, 0.3) is 16.3 Å². The summed E-state index contributed by atoms with van der Waals surface area (Å²) in [6.07, 6.45) is 1.12. The summed E-state index contributed by atoms with van der Waals surface area (Å²) in [6, 6.07) is 13.7. The minimum Gasteiger partial charge on any atom is -0.476 e. The van der Waals surface area contributed by atoms with E-state index in [0.29, 0.717) is 16.3 Å². The van der Waals surface area contributed by atoms with Gasteiger partial charge in [0.1, 0.15) is 15.7 Å². The maximum atomic E-state index is 11.9. The standard InChI is InChI=1S/C22H21ClN4O4S2/c1-12(2)15-9-4-5-10-16(15)25-19(17(23)18(24)22(28)29)20-26-21(32-27-20)13-7-6-8-14(11-13)33(3,30)31/h4-12,24-25H,1-3H3,(H,28,29)/b19-17+,24-18?. The molecular formula is C22H21ClN4O4S2. The van der Waals surface area contributed by atoms with E-state index < -0.39 is 21.5 Å². The predicted octanol–water partition coefficient (Wildman–Crippen LogP) is 4.86. The van der Waals surface area contributed by atoms with Crippen LogP contribution < -0.4 is 5.32 Å². The number of hydrogen-bond acceptors (Lipinski definition) is 8. The zero-order valence-corrected chi connectivity index (χ0v) is 20.3. The van der Waals surface area contributed by atoms with Crippen molar-refractivity contribution in [3.63, 3.8) is 0 Å². The van der Waals surface area contributed by atoms with E-state index in [9.17, 15) is 18.3 Å². The monoisotopic (exact) mass is 504 g/mol. The molecule has 0 fully saturated rings. The lowest BCUT2D eigenvalue weighted by Crippen LogP contribution is -2.16. The normalized spacial score (nSPS) is 12.4. The SMILES string of the molecule is CC(C)c1ccccc1N/C(=C(/Cl)C(=N)C(=O)O)c1nsc(-c2cccc(S(C)(=O)=O)c2)n1. The predicted molar refractivity (Wildman–Crippen MR) is 131 cm³/mol. The van der Waals surface area contributed by atoms with E-state index in [2.05, 4.69) is 14.7 Å². The van der Waals surface area contributed by atoms with Crippen LogP contribution in [0.4, 0.5) is 5.69 Å². The number of para-hydroxylation sites is 1. The minimum absolute atomic E-state index is 0.0685. The van der Waals surface area contributed by atoms with Crippen molar-refractivity contribution in [1.29, 1.82) is 5.41 Å². The third-order valence-electron chi connectivity index (χ3n) is 4.65. The Balaban J connectivity index is 2.11. The fourth-order valence-electron chi connectivity index (χ4n) is 2.98. The van der Waals surface area contributed by atoms with E-state index in [0.717, 1.165) is 23.4 Å². The number of aliphatic carboxylic acids is 1. The molecule has 0 aliphatic heterocycles. The Hall–Kier alpha value is -3.08. The van der Waals surface area contributed by atoms with Gasteiger partial charge in [0.25, 0.3) is 0 Å². The molecule has 33 heavy (non-hydrogen) atoms. The number of halogens is 1. The number of carboxylic acids is 1. The Morgan fingerprint density at radius 1 is 1.18 bits per heavy atom. The van der Waals surface area contributed by atoms with E-state index in [1.807, 2.05) is 38.1 Å². The Labute approximate surface area is 200 Å². The van der Waals surface area contributed by atoms with E-state index >= 15 is 0 Å². The molecule has 0 atom stereocenters. The van der Waals surface area contributed by atoms with Gasteiger partial charge in [-0.3, -0.25) is 5.41 Å². The van der Waals surface area contributed by atoms with Gasteiger partial charge in [0.15, 0.2) is 21.4 Å². The molecule has 0 aliphatic rings. The minimum atomic E-state index is -3.41. The Morgan fingerprint density at radius 2 is 1.88 bits per heavy atom. The van der Waals surface area contributed by atoms with Crippen molar-refractivity contribution in [2.24, 2.45) is 0 Å². The molecule has 0 unspecified atom stereocenters. The van der Waals surface area contributed by atoms with Crippen molar-refractivity contribution in [3.05, 3.63) is 65.0 Å². The zero-order chi connectivity index (χ0) is 24.3. The largest absolute Gasteiger partial charge is 0.476 e. The second kappa shape index (κ2) is 9.82. The van der Waals surface area contributed by atoms with Crippen LogP contribution in [-0.2, 0) is 14.6 Å². The Bertz CT molecular complexity index is 1360. The molecule has 8 nitrogen and oxygen atoms in total. The fourth-order valence-corrected chi connectivity index (χ4v) is 4.52. The number of nitrogens with zero attached hydrogens (tertiary/aromatic N) is 2. The number of carbonyl (C=O) groups is 1. The van der Waals surface area contributed by atoms with Crippen LogP contribution in [0, 0.1) is 5.41 Å². The first-order valence-electron chi connectivity index (χ1n) is 9.71. The quantitative estimate of drug-likeness (QED) is 0.373. The lowest BCUT2D eigenvalue weighted by molar-refractivity contribution is -0.129. The number of rotatable bonds is 8. The molecule has 172 valence electrons. The average Bonchev–Trinajstić information content (AvgIpc) is 3.26. The highest BCUT2D eigenvalue weighted by atomic mass is 35.5. The summed E-state index contributed by atoms with van der Waals surface area (Å²) < 4.78 is 28.1. The number of nitrogens with one attached hydrogen (secondary N) is 2. The van der Waals surface area contributed by atoms with Gasteiger partial charge in [0.05, 0.1) is 4.90 Å². The molecule has 3 rings (SSSR count). The summed E-state index contributed by atoms with van der Waals surface area (Å²) in [6.45, 7) is 4.03. The fraction of sp³-hybridized carbons (Fsp3) is 0.182. The molecule has 0 bridgehead atoms. The number of anilines is 1. The van der Waals surface area contributed by atoms with Crippen LogP contribution in [0.15, 0.2) is 58.5 Å². The lowest BCUT2D eigenvalue weighted by atomic mass is 10.0. The van der Waals surface area contributed by atoms with Crippen molar-refractivity contribution in [2.75, 3.05) is 11.6 Å². The van der Waals surface area contributed by atoms with Gasteiger partial charge in [-0.05, 0) is 41.2 Å². The van der Waals surface area contributed by atoms with Gasteiger partial charge in [-0.25, -0.2) is 18.2 Å². The molecule has 0 radical (unpaired) electrons. The highest BCUT2D eigenvalue weighted by Gasteiger charge is 2.22. The molecule has 3 N–H and O–H groups in total. The molecule has 2 aromatic carbocycles. The summed E-state index contributed by atoms with van der Waals surface area (Å²) >= 11 is 7.31. The summed E-state index contributed by atoms with van der Waals surface area (Å²) in [5.41, 5.74) is 1.43. The number of aromatic nitrogens is 2. The van der Waals surface area contributed by atoms with Gasteiger partial charge in [0, 0.05) is 17.5 Å². The van der Waals surface area contributed by atoms with Crippen LogP contribution in [0.5, 0.6) is 0 Å². The summed E-state index contributed by atoms with van der Waals surface area (Å²) in [7, 11) is -3.41. The molecule has 11 heteroatoms. The van der Waals surface area contributed by atoms with Crippen molar-refractivity contribution < 1.29 is 18.3 Å². The van der Waals surface area contributed by atoms with Gasteiger partial charge in [0.2, 0.25) is 0 Å². The van der Waals surface area contributed by atoms with Gasteiger partial charge in [-0.2, -0.15) is 4.37 Å². The molecule has 0 saturated carbocycles. The molecule has 0 spiro atoms. The van der Waals surface area contributed by atoms with Crippen LogP contribution in [0.3, 0.4) is 0 Å². The molecule has 3 aromatic rings. The summed E-state index contributed by atoms with van der Waals surface area (Å²) in [5, 5.41) is 20.3. The van der Waals surface area contributed by atoms with Crippen molar-refractivity contribution in [1.82, 2.24) is 9.36 Å². The highest BCUT2D eigenvalue weighted by Crippen LogP contribution is 2.32. The molecule has 0 saturated heterocycles. The maximum absolute atomic E-state index is 11.9. The van der Waals surface area contributed by atoms with Gasteiger partial charge in [-0.1, -0.05) is 55.8 Å². The topological polar surface area (TPSA) is 133 Å². The molecule has 1 aromatic heterocycles. The van der Waals surface area contributed by atoms with Crippen LogP contribution >= 0.6 is 23.1 Å². The molecule has 0 aliphatic carbocycles. The Morgan fingerprint density at radius 3 is 2.52 bits per heavy atom. The third kappa shape index (κ3) is 5.65. The average molecular weight is 505 g/mol. The molecule has 0 amide bonds. The van der Waals surface area contributed by atoms with Crippen molar-refractivity contribution in [3.8, 4) is 10.6 Å². The number of sulfone groups is 1.